The molecule has 0 unspecified atom stereocenters. The van der Waals surface area contributed by atoms with E-state index in [-0.39, 0.29) is 0 Å². The highest BCUT2D eigenvalue weighted by molar-refractivity contribution is 5.82. The first-order valence-corrected chi connectivity index (χ1v) is 5.80. The molecule has 0 bridgehead atoms. The van der Waals surface area contributed by atoms with Crippen molar-refractivity contribution in [1.82, 2.24) is 10.2 Å². The molecule has 18 heavy (non-hydrogen) atoms. The number of amides is 2. The Morgan fingerprint density at radius 2 is 2.28 bits per heavy atom. The summed E-state index contributed by atoms with van der Waals surface area (Å²) in [6, 6.07) is 0.510. The van der Waals surface area contributed by atoms with E-state index < -0.39 is 18.0 Å². The van der Waals surface area contributed by atoms with Crippen LogP contribution in [0.1, 0.15) is 25.3 Å². The van der Waals surface area contributed by atoms with Crippen molar-refractivity contribution in [2.24, 2.45) is 0 Å². The Balaban J connectivity index is 2.50. The standard InChI is InChI=1S/C12H18N2O4/c1-3-4-10(11(15)16)13-12(17)14(2)7-9-5-6-18-8-9/h5-6,8,10H,3-4,7H2,1-2H3,(H,13,17)(H,15,16)/t10-/m1/s1. The van der Waals surface area contributed by atoms with Gasteiger partial charge in [0.25, 0.3) is 0 Å². The summed E-state index contributed by atoms with van der Waals surface area (Å²) in [5, 5.41) is 11.4. The molecule has 0 aliphatic heterocycles. The lowest BCUT2D eigenvalue weighted by Crippen LogP contribution is -2.46. The number of urea groups is 1. The summed E-state index contributed by atoms with van der Waals surface area (Å²) in [5.74, 6) is -1.01. The summed E-state index contributed by atoms with van der Waals surface area (Å²) >= 11 is 0. The van der Waals surface area contributed by atoms with Gasteiger partial charge in [-0.15, -0.1) is 0 Å². The van der Waals surface area contributed by atoms with E-state index in [1.54, 1.807) is 19.4 Å². The molecule has 0 aliphatic rings. The monoisotopic (exact) mass is 254 g/mol. The summed E-state index contributed by atoms with van der Waals surface area (Å²) in [6.07, 6.45) is 4.19. The van der Waals surface area contributed by atoms with Crippen LogP contribution in [-0.4, -0.2) is 35.1 Å². The SMILES string of the molecule is CCC[C@@H](NC(=O)N(C)Cc1ccoc1)C(=O)O. The number of hydrogen-bond acceptors (Lipinski definition) is 3. The van der Waals surface area contributed by atoms with Crippen LogP contribution in [0.2, 0.25) is 0 Å². The van der Waals surface area contributed by atoms with Crippen molar-refractivity contribution in [2.45, 2.75) is 32.4 Å². The number of carbonyl (C=O) groups is 2. The normalized spacial score (nSPS) is 11.9. The van der Waals surface area contributed by atoms with Gasteiger partial charge < -0.3 is 19.7 Å². The zero-order chi connectivity index (χ0) is 13.5. The van der Waals surface area contributed by atoms with E-state index in [0.29, 0.717) is 19.4 Å². The van der Waals surface area contributed by atoms with Crippen LogP contribution in [0.4, 0.5) is 4.79 Å². The fraction of sp³-hybridized carbons (Fsp3) is 0.500. The molecule has 1 atom stereocenters. The molecular formula is C12H18N2O4. The summed E-state index contributed by atoms with van der Waals surface area (Å²) < 4.78 is 4.90. The average Bonchev–Trinajstić information content (AvgIpc) is 2.80. The molecule has 0 aromatic carbocycles. The first-order chi connectivity index (χ1) is 8.54. The van der Waals surface area contributed by atoms with Crippen LogP contribution in [0.25, 0.3) is 0 Å². The molecule has 6 heteroatoms. The predicted molar refractivity (Wildman–Crippen MR) is 65.0 cm³/mol. The van der Waals surface area contributed by atoms with Crippen LogP contribution in [0.5, 0.6) is 0 Å². The van der Waals surface area contributed by atoms with Crippen molar-refractivity contribution in [3.8, 4) is 0 Å². The number of aliphatic carboxylic acids is 1. The maximum Gasteiger partial charge on any atom is 0.326 e. The molecule has 6 nitrogen and oxygen atoms in total. The van der Waals surface area contributed by atoms with Gasteiger partial charge in [0.2, 0.25) is 0 Å². The number of nitrogens with one attached hydrogen (secondary N) is 1. The first-order valence-electron chi connectivity index (χ1n) is 5.80. The lowest BCUT2D eigenvalue weighted by molar-refractivity contribution is -0.139. The fourth-order valence-electron chi connectivity index (χ4n) is 1.53. The Bertz CT molecular complexity index is 389. The first kappa shape index (κ1) is 14.1. The topological polar surface area (TPSA) is 82.8 Å². The van der Waals surface area contributed by atoms with Gasteiger partial charge in [-0.2, -0.15) is 0 Å². The number of rotatable bonds is 6. The summed E-state index contributed by atoms with van der Waals surface area (Å²) in [5.41, 5.74) is 0.856. The summed E-state index contributed by atoms with van der Waals surface area (Å²) in [6.45, 7) is 2.25. The average molecular weight is 254 g/mol. The van der Waals surface area contributed by atoms with Gasteiger partial charge in [-0.25, -0.2) is 9.59 Å². The van der Waals surface area contributed by atoms with Crippen LogP contribution in [0.15, 0.2) is 23.0 Å². The molecule has 0 aliphatic carbocycles. The highest BCUT2D eigenvalue weighted by Crippen LogP contribution is 2.05. The highest BCUT2D eigenvalue weighted by Gasteiger charge is 2.20. The summed E-state index contributed by atoms with van der Waals surface area (Å²) in [7, 11) is 1.60. The van der Waals surface area contributed by atoms with E-state index >= 15 is 0 Å². The quantitative estimate of drug-likeness (QED) is 0.809. The smallest absolute Gasteiger partial charge is 0.326 e. The van der Waals surface area contributed by atoms with Gasteiger partial charge in [-0.1, -0.05) is 13.3 Å². The molecule has 1 heterocycles. The number of carboxylic acids is 1. The Morgan fingerprint density at radius 3 is 2.78 bits per heavy atom. The third-order valence-electron chi connectivity index (χ3n) is 2.52. The number of hydrogen-bond donors (Lipinski definition) is 2. The Kier molecular flexibility index (Phi) is 5.23. The lowest BCUT2D eigenvalue weighted by Gasteiger charge is -2.20. The maximum absolute atomic E-state index is 11.8. The van der Waals surface area contributed by atoms with Crippen LogP contribution < -0.4 is 5.32 Å². The van der Waals surface area contributed by atoms with Gasteiger partial charge in [-0.05, 0) is 12.5 Å². The Hall–Kier alpha value is -1.98. The molecule has 2 amide bonds. The van der Waals surface area contributed by atoms with Crippen LogP contribution in [0.3, 0.4) is 0 Å². The second-order valence-corrected chi connectivity index (χ2v) is 4.12. The second-order valence-electron chi connectivity index (χ2n) is 4.12. The van der Waals surface area contributed by atoms with E-state index in [1.165, 1.54) is 11.2 Å². The molecule has 1 aromatic rings. The van der Waals surface area contributed by atoms with Crippen molar-refractivity contribution in [2.75, 3.05) is 7.05 Å². The van der Waals surface area contributed by atoms with E-state index in [0.717, 1.165) is 5.56 Å². The number of carboxylic acid groups (broad SMARTS) is 1. The number of furan rings is 1. The minimum absolute atomic E-state index is 0.376. The van der Waals surface area contributed by atoms with Crippen molar-refractivity contribution in [3.05, 3.63) is 24.2 Å². The van der Waals surface area contributed by atoms with Gasteiger partial charge in [-0.3, -0.25) is 0 Å². The van der Waals surface area contributed by atoms with Gasteiger partial charge >= 0.3 is 12.0 Å². The molecule has 0 radical (unpaired) electrons. The fourth-order valence-corrected chi connectivity index (χ4v) is 1.53. The van der Waals surface area contributed by atoms with Gasteiger partial charge in [0.1, 0.15) is 6.04 Å². The van der Waals surface area contributed by atoms with E-state index in [1.807, 2.05) is 6.92 Å². The molecule has 1 aromatic heterocycles. The van der Waals surface area contributed by atoms with Crippen LogP contribution >= 0.6 is 0 Å². The molecule has 0 fully saturated rings. The minimum atomic E-state index is -1.01. The van der Waals surface area contributed by atoms with Gasteiger partial charge in [0.15, 0.2) is 0 Å². The van der Waals surface area contributed by atoms with Crippen molar-refractivity contribution >= 4 is 12.0 Å². The highest BCUT2D eigenvalue weighted by atomic mass is 16.4. The van der Waals surface area contributed by atoms with Crippen LogP contribution in [0, 0.1) is 0 Å². The lowest BCUT2D eigenvalue weighted by atomic mass is 10.2. The second kappa shape index (κ2) is 6.68. The maximum atomic E-state index is 11.8. The molecule has 0 saturated heterocycles. The van der Waals surface area contributed by atoms with Crippen molar-refractivity contribution in [1.29, 1.82) is 0 Å². The Morgan fingerprint density at radius 1 is 1.56 bits per heavy atom. The van der Waals surface area contributed by atoms with Gasteiger partial charge in [0.05, 0.1) is 19.1 Å². The number of nitrogens with zero attached hydrogens (tertiary/aromatic N) is 1. The molecule has 0 spiro atoms. The van der Waals surface area contributed by atoms with Crippen LogP contribution in [-0.2, 0) is 11.3 Å². The molecule has 0 saturated carbocycles. The molecule has 1 rings (SSSR count). The number of carbonyl (C=O) groups excluding carboxylic acids is 1. The van der Waals surface area contributed by atoms with E-state index in [9.17, 15) is 9.59 Å². The van der Waals surface area contributed by atoms with E-state index in [4.69, 9.17) is 9.52 Å². The molecular weight excluding hydrogens is 236 g/mol. The van der Waals surface area contributed by atoms with E-state index in [2.05, 4.69) is 5.32 Å². The van der Waals surface area contributed by atoms with Crippen molar-refractivity contribution in [3.63, 3.8) is 0 Å². The predicted octanol–water partition coefficient (Wildman–Crippen LogP) is 1.67. The zero-order valence-electron chi connectivity index (χ0n) is 10.5. The zero-order valence-corrected chi connectivity index (χ0v) is 10.5. The summed E-state index contributed by atoms with van der Waals surface area (Å²) in [4.78, 5) is 24.1. The molecule has 100 valence electrons. The minimum Gasteiger partial charge on any atom is -0.480 e. The van der Waals surface area contributed by atoms with Crippen molar-refractivity contribution < 1.29 is 19.1 Å². The molecule has 2 N–H and O–H groups in total. The third kappa shape index (κ3) is 4.12. The van der Waals surface area contributed by atoms with Gasteiger partial charge in [0, 0.05) is 12.6 Å². The largest absolute Gasteiger partial charge is 0.480 e. The Labute approximate surface area is 106 Å². The third-order valence-corrected chi connectivity index (χ3v) is 2.52.